The van der Waals surface area contributed by atoms with E-state index >= 15 is 0 Å². The Kier molecular flexibility index (Phi) is 4.59. The van der Waals surface area contributed by atoms with Crippen molar-refractivity contribution in [1.29, 1.82) is 0 Å². The Hall–Kier alpha value is -3.60. The van der Waals surface area contributed by atoms with Gasteiger partial charge in [0.2, 0.25) is 0 Å². The SMILES string of the molecule is CC1(C)Oc2cc(C(=O)O)ccc2N(C(c2ccccc2)c2ccccc2)C1=O. The predicted molar refractivity (Wildman–Crippen MR) is 110 cm³/mol. The van der Waals surface area contributed by atoms with Crippen LogP contribution in [0, 0.1) is 0 Å². The molecule has 0 radical (unpaired) electrons. The molecule has 3 aromatic carbocycles. The number of rotatable bonds is 4. The van der Waals surface area contributed by atoms with E-state index in [4.69, 9.17) is 4.74 Å². The van der Waals surface area contributed by atoms with Gasteiger partial charge in [-0.25, -0.2) is 4.79 Å². The monoisotopic (exact) mass is 387 g/mol. The van der Waals surface area contributed by atoms with E-state index in [9.17, 15) is 14.7 Å². The van der Waals surface area contributed by atoms with Crippen molar-refractivity contribution < 1.29 is 19.4 Å². The summed E-state index contributed by atoms with van der Waals surface area (Å²) in [6.45, 7) is 3.40. The highest BCUT2D eigenvalue weighted by atomic mass is 16.5. The van der Waals surface area contributed by atoms with Crippen LogP contribution in [0.4, 0.5) is 5.69 Å². The highest BCUT2D eigenvalue weighted by Crippen LogP contribution is 2.44. The zero-order valence-electron chi connectivity index (χ0n) is 16.2. The Morgan fingerprint density at radius 3 is 2.00 bits per heavy atom. The molecule has 29 heavy (non-hydrogen) atoms. The van der Waals surface area contributed by atoms with Gasteiger partial charge in [-0.3, -0.25) is 9.69 Å². The van der Waals surface area contributed by atoms with Gasteiger partial charge >= 0.3 is 5.97 Å². The van der Waals surface area contributed by atoms with Crippen molar-refractivity contribution in [1.82, 2.24) is 0 Å². The number of nitrogens with zero attached hydrogens (tertiary/aromatic N) is 1. The van der Waals surface area contributed by atoms with Gasteiger partial charge in [-0.2, -0.15) is 0 Å². The molecule has 3 aromatic rings. The summed E-state index contributed by atoms with van der Waals surface area (Å²) in [7, 11) is 0. The average molecular weight is 387 g/mol. The van der Waals surface area contributed by atoms with Gasteiger partial charge in [-0.15, -0.1) is 0 Å². The molecule has 1 heterocycles. The van der Waals surface area contributed by atoms with Crippen LogP contribution >= 0.6 is 0 Å². The van der Waals surface area contributed by atoms with Crippen molar-refractivity contribution in [3.05, 3.63) is 95.6 Å². The number of carbonyl (C=O) groups is 2. The first-order valence-corrected chi connectivity index (χ1v) is 9.38. The van der Waals surface area contributed by atoms with Crippen LogP contribution in [0.15, 0.2) is 78.9 Å². The minimum atomic E-state index is -1.13. The molecule has 5 nitrogen and oxygen atoms in total. The topological polar surface area (TPSA) is 66.8 Å². The van der Waals surface area contributed by atoms with Crippen LogP contribution in [0.3, 0.4) is 0 Å². The van der Waals surface area contributed by atoms with E-state index in [1.165, 1.54) is 12.1 Å². The Morgan fingerprint density at radius 1 is 0.931 bits per heavy atom. The van der Waals surface area contributed by atoms with E-state index in [-0.39, 0.29) is 17.5 Å². The molecule has 0 bridgehead atoms. The van der Waals surface area contributed by atoms with Crippen molar-refractivity contribution in [2.24, 2.45) is 0 Å². The Labute approximate surface area is 169 Å². The van der Waals surface area contributed by atoms with Gasteiger partial charge in [0.1, 0.15) is 5.75 Å². The minimum Gasteiger partial charge on any atom is -0.478 e. The molecule has 0 saturated carbocycles. The zero-order valence-corrected chi connectivity index (χ0v) is 16.2. The van der Waals surface area contributed by atoms with E-state index in [0.29, 0.717) is 11.4 Å². The molecule has 0 atom stereocenters. The fourth-order valence-electron chi connectivity index (χ4n) is 3.66. The number of anilines is 1. The maximum Gasteiger partial charge on any atom is 0.335 e. The summed E-state index contributed by atoms with van der Waals surface area (Å²) >= 11 is 0. The third kappa shape index (κ3) is 3.36. The van der Waals surface area contributed by atoms with E-state index in [2.05, 4.69) is 0 Å². The van der Waals surface area contributed by atoms with E-state index in [0.717, 1.165) is 11.1 Å². The van der Waals surface area contributed by atoms with Crippen LogP contribution in [0.1, 0.15) is 41.4 Å². The molecule has 0 fully saturated rings. The Balaban J connectivity index is 1.95. The fraction of sp³-hybridized carbons (Fsp3) is 0.167. The average Bonchev–Trinajstić information content (AvgIpc) is 2.72. The maximum absolute atomic E-state index is 13.5. The van der Waals surface area contributed by atoms with E-state index < -0.39 is 11.6 Å². The van der Waals surface area contributed by atoms with Gasteiger partial charge < -0.3 is 9.84 Å². The van der Waals surface area contributed by atoms with E-state index in [1.807, 2.05) is 60.7 Å². The summed E-state index contributed by atoms with van der Waals surface area (Å²) in [6, 6.07) is 23.8. The third-order valence-electron chi connectivity index (χ3n) is 5.05. The molecule has 0 aromatic heterocycles. The minimum absolute atomic E-state index is 0.116. The van der Waals surface area contributed by atoms with Crippen LogP contribution in [-0.2, 0) is 4.79 Å². The Morgan fingerprint density at radius 2 is 1.48 bits per heavy atom. The number of carboxylic acid groups (broad SMARTS) is 1. The molecule has 0 saturated heterocycles. The van der Waals surface area contributed by atoms with Crippen LogP contribution < -0.4 is 9.64 Å². The fourth-order valence-corrected chi connectivity index (χ4v) is 3.66. The molecule has 1 aliphatic rings. The number of hydrogen-bond acceptors (Lipinski definition) is 3. The second kappa shape index (κ2) is 7.09. The first kappa shape index (κ1) is 18.7. The van der Waals surface area contributed by atoms with Crippen molar-refractivity contribution >= 4 is 17.6 Å². The number of fused-ring (bicyclic) bond motifs is 1. The molecule has 4 rings (SSSR count). The smallest absolute Gasteiger partial charge is 0.335 e. The lowest BCUT2D eigenvalue weighted by Gasteiger charge is -2.43. The standard InChI is InChI=1S/C24H21NO4/c1-24(2)23(28)25(19-14-13-18(22(26)27)15-20(19)29-24)21(16-9-5-3-6-10-16)17-11-7-4-8-12-17/h3-15,21H,1-2H3,(H,26,27). The van der Waals surface area contributed by atoms with Gasteiger partial charge in [-0.05, 0) is 43.2 Å². The highest BCUT2D eigenvalue weighted by molar-refractivity contribution is 6.04. The van der Waals surface area contributed by atoms with Gasteiger partial charge in [0, 0.05) is 0 Å². The maximum atomic E-state index is 13.5. The summed E-state index contributed by atoms with van der Waals surface area (Å²) in [5.41, 5.74) is 1.45. The largest absolute Gasteiger partial charge is 0.478 e. The normalized spacial score (nSPS) is 15.0. The van der Waals surface area contributed by atoms with E-state index in [1.54, 1.807) is 24.8 Å². The van der Waals surface area contributed by atoms with Crippen molar-refractivity contribution in [3.63, 3.8) is 0 Å². The van der Waals surface area contributed by atoms with Gasteiger partial charge in [-0.1, -0.05) is 60.7 Å². The molecule has 0 aliphatic carbocycles. The van der Waals surface area contributed by atoms with Crippen LogP contribution in [-0.4, -0.2) is 22.6 Å². The van der Waals surface area contributed by atoms with Gasteiger partial charge in [0.25, 0.3) is 5.91 Å². The summed E-state index contributed by atoms with van der Waals surface area (Å²) in [5, 5.41) is 9.36. The summed E-state index contributed by atoms with van der Waals surface area (Å²) in [6.07, 6.45) is 0. The number of aromatic carboxylic acids is 1. The lowest BCUT2D eigenvalue weighted by Crippen LogP contribution is -2.53. The van der Waals surface area contributed by atoms with Crippen molar-refractivity contribution in [2.45, 2.75) is 25.5 Å². The molecule has 0 unspecified atom stereocenters. The van der Waals surface area contributed by atoms with Crippen molar-refractivity contribution in [3.8, 4) is 5.75 Å². The molecule has 0 spiro atoms. The lowest BCUT2D eigenvalue weighted by molar-refractivity contribution is -0.133. The molecular weight excluding hydrogens is 366 g/mol. The number of ether oxygens (including phenoxy) is 1. The number of hydrogen-bond donors (Lipinski definition) is 1. The predicted octanol–water partition coefficient (Wildman–Crippen LogP) is 4.68. The lowest BCUT2D eigenvalue weighted by atomic mass is 9.93. The molecule has 1 aliphatic heterocycles. The zero-order chi connectivity index (χ0) is 20.6. The number of carboxylic acids is 1. The number of amides is 1. The van der Waals surface area contributed by atoms with Crippen LogP contribution in [0.25, 0.3) is 0 Å². The summed E-state index contributed by atoms with van der Waals surface area (Å²) < 4.78 is 5.92. The Bertz CT molecular complexity index is 1020. The quantitative estimate of drug-likeness (QED) is 0.706. The molecule has 5 heteroatoms. The molecule has 146 valence electrons. The number of benzene rings is 3. The van der Waals surface area contributed by atoms with Crippen LogP contribution in [0.5, 0.6) is 5.75 Å². The third-order valence-corrected chi connectivity index (χ3v) is 5.05. The molecule has 1 amide bonds. The highest BCUT2D eigenvalue weighted by Gasteiger charge is 2.44. The first-order valence-electron chi connectivity index (χ1n) is 9.38. The van der Waals surface area contributed by atoms with Gasteiger partial charge in [0.15, 0.2) is 5.60 Å². The second-order valence-corrected chi connectivity index (χ2v) is 7.50. The summed E-state index contributed by atoms with van der Waals surface area (Å²) in [4.78, 5) is 26.7. The second-order valence-electron chi connectivity index (χ2n) is 7.50. The van der Waals surface area contributed by atoms with Crippen molar-refractivity contribution in [2.75, 3.05) is 4.90 Å². The molecule has 1 N–H and O–H groups in total. The number of carbonyl (C=O) groups excluding carboxylic acids is 1. The first-order chi connectivity index (χ1) is 13.9. The summed E-state index contributed by atoms with van der Waals surface area (Å²) in [5.74, 6) is -0.850. The van der Waals surface area contributed by atoms with Gasteiger partial charge in [0.05, 0.1) is 17.3 Å². The van der Waals surface area contributed by atoms with Crippen LogP contribution in [0.2, 0.25) is 0 Å². The molecular formula is C24H21NO4.